The predicted octanol–water partition coefficient (Wildman–Crippen LogP) is 3.58. The van der Waals surface area contributed by atoms with Crippen molar-refractivity contribution in [3.63, 3.8) is 0 Å². The minimum absolute atomic E-state index is 0.114. The molecule has 0 bridgehead atoms. The van der Waals surface area contributed by atoms with Crippen molar-refractivity contribution in [3.05, 3.63) is 95.6 Å². The van der Waals surface area contributed by atoms with Crippen LogP contribution in [0.25, 0.3) is 0 Å². The van der Waals surface area contributed by atoms with E-state index in [9.17, 15) is 9.59 Å². The molecule has 5 nitrogen and oxygen atoms in total. The number of rotatable bonds is 6. The van der Waals surface area contributed by atoms with E-state index in [0.717, 1.165) is 17.7 Å². The lowest BCUT2D eigenvalue weighted by Gasteiger charge is -2.18. The van der Waals surface area contributed by atoms with Gasteiger partial charge in [0.2, 0.25) is 0 Å². The summed E-state index contributed by atoms with van der Waals surface area (Å²) in [6.45, 7) is 0.968. The van der Waals surface area contributed by atoms with Crippen LogP contribution in [0.15, 0.2) is 78.9 Å². The molecule has 3 aromatic carbocycles. The molecule has 0 saturated heterocycles. The highest BCUT2D eigenvalue weighted by Crippen LogP contribution is 2.27. The van der Waals surface area contributed by atoms with Gasteiger partial charge in [-0.2, -0.15) is 0 Å². The van der Waals surface area contributed by atoms with Crippen LogP contribution in [0.2, 0.25) is 0 Å². The maximum atomic E-state index is 12.7. The van der Waals surface area contributed by atoms with Gasteiger partial charge in [-0.05, 0) is 35.7 Å². The summed E-state index contributed by atoms with van der Waals surface area (Å²) in [5.41, 5.74) is 3.54. The second-order valence-corrected chi connectivity index (χ2v) is 6.88. The molecule has 3 aromatic rings. The van der Waals surface area contributed by atoms with Crippen molar-refractivity contribution in [1.29, 1.82) is 0 Å². The van der Waals surface area contributed by atoms with Crippen LogP contribution in [0.4, 0.5) is 5.69 Å². The molecule has 0 radical (unpaired) electrons. The first kappa shape index (κ1) is 18.7. The highest BCUT2D eigenvalue weighted by Gasteiger charge is 2.24. The van der Waals surface area contributed by atoms with Gasteiger partial charge in [0.15, 0.2) is 6.61 Å². The Hall–Kier alpha value is -3.60. The molecule has 2 amide bonds. The van der Waals surface area contributed by atoms with Crippen LogP contribution in [0, 0.1) is 0 Å². The number of nitrogens with zero attached hydrogens (tertiary/aromatic N) is 1. The number of hydrogen-bond donors (Lipinski definition) is 1. The molecule has 1 N–H and O–H groups in total. The number of hydrogen-bond acceptors (Lipinski definition) is 3. The largest absolute Gasteiger partial charge is 0.483 e. The third-order valence-corrected chi connectivity index (χ3v) is 4.97. The minimum atomic E-state index is -0.233. The van der Waals surface area contributed by atoms with Gasteiger partial charge in [-0.15, -0.1) is 0 Å². The lowest BCUT2D eigenvalue weighted by Crippen LogP contribution is -2.33. The molecule has 0 saturated carbocycles. The standard InChI is InChI=1S/C24H22N2O3/c27-23(26-15-14-19-10-4-6-12-21(19)26)17-29-22-13-7-5-11-20(22)24(28)25-16-18-8-2-1-3-9-18/h1-13H,14-17H2,(H,25,28). The van der Waals surface area contributed by atoms with Crippen molar-refractivity contribution in [2.75, 3.05) is 18.1 Å². The summed E-state index contributed by atoms with van der Waals surface area (Å²) in [4.78, 5) is 27.0. The van der Waals surface area contributed by atoms with E-state index in [1.54, 1.807) is 29.2 Å². The van der Waals surface area contributed by atoms with Crippen LogP contribution in [-0.2, 0) is 17.8 Å². The summed E-state index contributed by atoms with van der Waals surface area (Å²) in [5.74, 6) is 0.0526. The number of amides is 2. The molecule has 0 aromatic heterocycles. The fourth-order valence-corrected chi connectivity index (χ4v) is 3.47. The van der Waals surface area contributed by atoms with Gasteiger partial charge < -0.3 is 15.0 Å². The Morgan fingerprint density at radius 3 is 2.48 bits per heavy atom. The Morgan fingerprint density at radius 2 is 1.62 bits per heavy atom. The van der Waals surface area contributed by atoms with Gasteiger partial charge in [-0.3, -0.25) is 9.59 Å². The van der Waals surface area contributed by atoms with Crippen molar-refractivity contribution in [2.24, 2.45) is 0 Å². The monoisotopic (exact) mass is 386 g/mol. The van der Waals surface area contributed by atoms with Crippen molar-refractivity contribution >= 4 is 17.5 Å². The SMILES string of the molecule is O=C(NCc1ccccc1)c1ccccc1OCC(=O)N1CCc2ccccc21. The fourth-order valence-electron chi connectivity index (χ4n) is 3.47. The highest BCUT2D eigenvalue weighted by molar-refractivity contribution is 5.98. The summed E-state index contributed by atoms with van der Waals surface area (Å²) >= 11 is 0. The topological polar surface area (TPSA) is 58.6 Å². The first-order valence-electron chi connectivity index (χ1n) is 9.64. The fraction of sp³-hybridized carbons (Fsp3) is 0.167. The van der Waals surface area contributed by atoms with E-state index in [1.807, 2.05) is 54.6 Å². The maximum Gasteiger partial charge on any atom is 0.264 e. The van der Waals surface area contributed by atoms with Crippen molar-refractivity contribution < 1.29 is 14.3 Å². The van der Waals surface area contributed by atoms with E-state index in [2.05, 4.69) is 5.32 Å². The number of carbonyl (C=O) groups excluding carboxylic acids is 2. The quantitative estimate of drug-likeness (QED) is 0.704. The zero-order chi connectivity index (χ0) is 20.1. The Balaban J connectivity index is 1.40. The average molecular weight is 386 g/mol. The molecular formula is C24H22N2O3. The van der Waals surface area contributed by atoms with Crippen molar-refractivity contribution in [1.82, 2.24) is 5.32 Å². The molecule has 0 aliphatic carbocycles. The van der Waals surface area contributed by atoms with Gasteiger partial charge in [0.25, 0.3) is 11.8 Å². The Bertz CT molecular complexity index is 1020. The van der Waals surface area contributed by atoms with E-state index in [4.69, 9.17) is 4.74 Å². The molecule has 0 unspecified atom stereocenters. The first-order chi connectivity index (χ1) is 14.2. The van der Waals surface area contributed by atoms with Crippen molar-refractivity contribution in [2.45, 2.75) is 13.0 Å². The molecule has 4 rings (SSSR count). The Kier molecular flexibility index (Phi) is 5.56. The number of nitrogens with one attached hydrogen (secondary N) is 1. The number of carbonyl (C=O) groups is 2. The average Bonchev–Trinajstić information content (AvgIpc) is 3.21. The normalized spacial score (nSPS) is 12.3. The summed E-state index contributed by atoms with van der Waals surface area (Å²) in [7, 11) is 0. The molecule has 1 heterocycles. The van der Waals surface area contributed by atoms with Gasteiger partial charge in [0, 0.05) is 18.8 Å². The molecule has 0 spiro atoms. The van der Waals surface area contributed by atoms with E-state index < -0.39 is 0 Å². The summed E-state index contributed by atoms with van der Waals surface area (Å²) < 4.78 is 5.75. The van der Waals surface area contributed by atoms with E-state index in [-0.39, 0.29) is 18.4 Å². The first-order valence-corrected chi connectivity index (χ1v) is 9.64. The third kappa shape index (κ3) is 4.29. The van der Waals surface area contributed by atoms with Gasteiger partial charge in [-0.1, -0.05) is 60.7 Å². The molecule has 1 aliphatic rings. The minimum Gasteiger partial charge on any atom is -0.483 e. The van der Waals surface area contributed by atoms with E-state index in [1.165, 1.54) is 5.56 Å². The highest BCUT2D eigenvalue weighted by atomic mass is 16.5. The maximum absolute atomic E-state index is 12.7. The number of anilines is 1. The van der Waals surface area contributed by atoms with Crippen LogP contribution in [-0.4, -0.2) is 25.0 Å². The smallest absolute Gasteiger partial charge is 0.264 e. The lowest BCUT2D eigenvalue weighted by atomic mass is 10.1. The summed E-state index contributed by atoms with van der Waals surface area (Å²) in [6, 6.07) is 24.6. The van der Waals surface area contributed by atoms with Gasteiger partial charge in [0.1, 0.15) is 5.75 Å². The molecule has 0 atom stereocenters. The zero-order valence-electron chi connectivity index (χ0n) is 16.0. The molecule has 146 valence electrons. The second-order valence-electron chi connectivity index (χ2n) is 6.88. The third-order valence-electron chi connectivity index (χ3n) is 4.97. The number of para-hydroxylation sites is 2. The Morgan fingerprint density at radius 1 is 0.897 bits per heavy atom. The van der Waals surface area contributed by atoms with Gasteiger partial charge in [-0.25, -0.2) is 0 Å². The van der Waals surface area contributed by atoms with Crippen LogP contribution in [0.1, 0.15) is 21.5 Å². The molecule has 29 heavy (non-hydrogen) atoms. The molecule has 1 aliphatic heterocycles. The summed E-state index contributed by atoms with van der Waals surface area (Å²) in [5, 5.41) is 2.90. The number of fused-ring (bicyclic) bond motifs is 1. The number of benzene rings is 3. The molecule has 0 fully saturated rings. The van der Waals surface area contributed by atoms with Crippen LogP contribution in [0.3, 0.4) is 0 Å². The van der Waals surface area contributed by atoms with Crippen LogP contribution in [0.5, 0.6) is 5.75 Å². The van der Waals surface area contributed by atoms with E-state index in [0.29, 0.717) is 24.4 Å². The lowest BCUT2D eigenvalue weighted by molar-refractivity contribution is -0.120. The van der Waals surface area contributed by atoms with Crippen LogP contribution < -0.4 is 15.0 Å². The number of ether oxygens (including phenoxy) is 1. The van der Waals surface area contributed by atoms with Gasteiger partial charge in [0.05, 0.1) is 5.56 Å². The van der Waals surface area contributed by atoms with Crippen molar-refractivity contribution in [3.8, 4) is 5.75 Å². The van der Waals surface area contributed by atoms with Gasteiger partial charge >= 0.3 is 0 Å². The van der Waals surface area contributed by atoms with E-state index >= 15 is 0 Å². The Labute approximate surface area is 169 Å². The summed E-state index contributed by atoms with van der Waals surface area (Å²) in [6.07, 6.45) is 0.848. The molecule has 5 heteroatoms. The molecular weight excluding hydrogens is 364 g/mol. The second kappa shape index (κ2) is 8.61. The van der Waals surface area contributed by atoms with Crippen LogP contribution >= 0.6 is 0 Å². The predicted molar refractivity (Wildman–Crippen MR) is 112 cm³/mol. The zero-order valence-corrected chi connectivity index (χ0v) is 16.0.